The standard InChI is InChI=1S/C28H28F3N7O4S/c1-15-3-5-18-9-16(4-8-20(18)26-36-21(12-38(15)26)28(29,30)31)10-32-24-19(13-43(39,40)41)11-33-25(37-24)22-23(17-6-7-17)34-14-35-27(22)42-2/h4,8-9,11-12,14-15,17H,3,5-7,10,13H2,1-2H3,(H,32,33,37)(H,39,40,41). The van der Waals surface area contributed by atoms with Gasteiger partial charge in [0.05, 0.1) is 12.8 Å². The van der Waals surface area contributed by atoms with Gasteiger partial charge in [-0.15, -0.1) is 0 Å². The summed E-state index contributed by atoms with van der Waals surface area (Å²) in [4.78, 5) is 21.5. The zero-order chi connectivity index (χ0) is 30.5. The Morgan fingerprint density at radius 2 is 1.93 bits per heavy atom. The number of imidazole rings is 1. The first-order chi connectivity index (χ1) is 20.4. The number of hydrogen-bond acceptors (Lipinski definition) is 9. The zero-order valence-electron chi connectivity index (χ0n) is 23.3. The number of methoxy groups -OCH3 is 1. The lowest BCUT2D eigenvalue weighted by atomic mass is 9.99. The molecule has 1 saturated carbocycles. The van der Waals surface area contributed by atoms with Crippen LogP contribution < -0.4 is 10.1 Å². The SMILES string of the molecule is COc1ncnc(C2CC2)c1-c1ncc(CS(=O)(=O)O)c(NCc2ccc3c(c2)CCC(C)n2cc(C(F)(F)F)nc2-3)n1. The van der Waals surface area contributed by atoms with Crippen LogP contribution in [0.2, 0.25) is 0 Å². The highest BCUT2D eigenvalue weighted by Crippen LogP contribution is 2.45. The maximum atomic E-state index is 13.4. The van der Waals surface area contributed by atoms with Gasteiger partial charge in [0.15, 0.2) is 11.5 Å². The third-order valence-corrected chi connectivity index (χ3v) is 8.30. The molecule has 6 rings (SSSR count). The van der Waals surface area contributed by atoms with E-state index in [9.17, 15) is 26.1 Å². The molecule has 1 unspecified atom stereocenters. The smallest absolute Gasteiger partial charge is 0.434 e. The van der Waals surface area contributed by atoms with Gasteiger partial charge in [0.25, 0.3) is 10.1 Å². The van der Waals surface area contributed by atoms with Gasteiger partial charge in [-0.1, -0.05) is 18.2 Å². The monoisotopic (exact) mass is 615 g/mol. The summed E-state index contributed by atoms with van der Waals surface area (Å²) in [6.07, 6.45) is 2.43. The average Bonchev–Trinajstić information content (AvgIpc) is 3.72. The van der Waals surface area contributed by atoms with Gasteiger partial charge in [-0.05, 0) is 43.7 Å². The Morgan fingerprint density at radius 3 is 2.63 bits per heavy atom. The summed E-state index contributed by atoms with van der Waals surface area (Å²) in [7, 11) is -2.93. The molecule has 0 bridgehead atoms. The van der Waals surface area contributed by atoms with Crippen molar-refractivity contribution in [1.82, 2.24) is 29.5 Å². The minimum Gasteiger partial charge on any atom is -0.480 e. The van der Waals surface area contributed by atoms with Crippen LogP contribution in [0.3, 0.4) is 0 Å². The Hall–Kier alpha value is -4.11. The normalized spacial score (nSPS) is 16.7. The van der Waals surface area contributed by atoms with Gasteiger partial charge >= 0.3 is 6.18 Å². The van der Waals surface area contributed by atoms with E-state index in [0.717, 1.165) is 35.9 Å². The molecule has 2 N–H and O–H groups in total. The molecule has 4 heterocycles. The van der Waals surface area contributed by atoms with Crippen molar-refractivity contribution < 1.29 is 30.9 Å². The van der Waals surface area contributed by atoms with Crippen molar-refractivity contribution in [1.29, 1.82) is 0 Å². The number of benzene rings is 1. The molecule has 43 heavy (non-hydrogen) atoms. The topological polar surface area (TPSA) is 145 Å². The number of aromatic nitrogens is 6. The van der Waals surface area contributed by atoms with E-state index in [0.29, 0.717) is 24.0 Å². The Morgan fingerprint density at radius 1 is 1.14 bits per heavy atom. The van der Waals surface area contributed by atoms with E-state index >= 15 is 0 Å². The van der Waals surface area contributed by atoms with Crippen LogP contribution in [-0.4, -0.2) is 49.6 Å². The molecule has 0 radical (unpaired) electrons. The number of rotatable bonds is 8. The highest BCUT2D eigenvalue weighted by atomic mass is 32.2. The highest BCUT2D eigenvalue weighted by molar-refractivity contribution is 7.85. The number of alkyl halides is 3. The van der Waals surface area contributed by atoms with E-state index < -0.39 is 27.7 Å². The lowest BCUT2D eigenvalue weighted by molar-refractivity contribution is -0.140. The van der Waals surface area contributed by atoms with Gasteiger partial charge < -0.3 is 14.6 Å². The number of halogens is 3. The van der Waals surface area contributed by atoms with Gasteiger partial charge in [-0.3, -0.25) is 4.55 Å². The van der Waals surface area contributed by atoms with Gasteiger partial charge in [-0.2, -0.15) is 21.6 Å². The summed E-state index contributed by atoms with van der Waals surface area (Å²) in [5.74, 6) is 0.494. The van der Waals surface area contributed by atoms with Crippen LogP contribution in [0.1, 0.15) is 66.2 Å². The molecule has 3 aromatic heterocycles. The molecule has 0 spiro atoms. The maximum absolute atomic E-state index is 13.4. The van der Waals surface area contributed by atoms with Crippen LogP contribution in [-0.2, 0) is 35.0 Å². The first-order valence-electron chi connectivity index (χ1n) is 13.6. The molecule has 1 aliphatic heterocycles. The third kappa shape index (κ3) is 6.04. The number of nitrogens with zero attached hydrogens (tertiary/aromatic N) is 6. The number of aryl methyl sites for hydroxylation is 1. The van der Waals surface area contributed by atoms with Gasteiger partial charge in [0.2, 0.25) is 5.88 Å². The molecule has 15 heteroatoms. The van der Waals surface area contributed by atoms with Crippen molar-refractivity contribution >= 4 is 15.9 Å². The molecule has 1 aliphatic carbocycles. The predicted molar refractivity (Wildman–Crippen MR) is 150 cm³/mol. The Labute approximate surface area is 245 Å². The molecule has 1 atom stereocenters. The number of nitrogens with one attached hydrogen (secondary N) is 1. The van der Waals surface area contributed by atoms with Crippen molar-refractivity contribution in [3.05, 3.63) is 65.0 Å². The van der Waals surface area contributed by atoms with Crippen molar-refractivity contribution in [2.75, 3.05) is 12.4 Å². The van der Waals surface area contributed by atoms with Crippen LogP contribution in [0.5, 0.6) is 5.88 Å². The fraction of sp³-hybridized carbons (Fsp3) is 0.393. The van der Waals surface area contributed by atoms with Crippen molar-refractivity contribution in [2.24, 2.45) is 0 Å². The number of anilines is 1. The molecule has 226 valence electrons. The highest BCUT2D eigenvalue weighted by Gasteiger charge is 2.36. The van der Waals surface area contributed by atoms with E-state index in [1.807, 2.05) is 13.0 Å². The molecule has 1 fully saturated rings. The largest absolute Gasteiger partial charge is 0.480 e. The van der Waals surface area contributed by atoms with E-state index in [-0.39, 0.29) is 47.4 Å². The van der Waals surface area contributed by atoms with Crippen LogP contribution in [0.25, 0.3) is 22.8 Å². The van der Waals surface area contributed by atoms with E-state index in [1.54, 1.807) is 16.7 Å². The van der Waals surface area contributed by atoms with Crippen molar-refractivity contribution in [3.63, 3.8) is 0 Å². The molecular formula is C28H28F3N7O4S. The van der Waals surface area contributed by atoms with Gasteiger partial charge in [-0.25, -0.2) is 24.9 Å². The third-order valence-electron chi connectivity index (χ3n) is 7.62. The molecule has 2 aliphatic rings. The van der Waals surface area contributed by atoms with Crippen LogP contribution in [0, 0.1) is 0 Å². The number of hydrogen-bond donors (Lipinski definition) is 2. The lowest BCUT2D eigenvalue weighted by Crippen LogP contribution is -2.11. The molecule has 0 saturated heterocycles. The quantitative estimate of drug-likeness (QED) is 0.254. The molecular weight excluding hydrogens is 587 g/mol. The fourth-order valence-electron chi connectivity index (χ4n) is 5.33. The lowest BCUT2D eigenvalue weighted by Gasteiger charge is -2.15. The van der Waals surface area contributed by atoms with E-state index in [2.05, 4.69) is 30.2 Å². The average molecular weight is 616 g/mol. The maximum Gasteiger partial charge on any atom is 0.434 e. The Kier molecular flexibility index (Phi) is 7.32. The molecule has 1 aromatic carbocycles. The number of fused-ring (bicyclic) bond motifs is 3. The second kappa shape index (κ2) is 10.9. The first kappa shape index (κ1) is 29.0. The van der Waals surface area contributed by atoms with E-state index in [1.165, 1.54) is 19.6 Å². The summed E-state index contributed by atoms with van der Waals surface area (Å²) >= 11 is 0. The molecule has 11 nitrogen and oxygen atoms in total. The molecule has 4 aromatic rings. The van der Waals surface area contributed by atoms with Crippen LogP contribution in [0.15, 0.2) is 36.9 Å². The van der Waals surface area contributed by atoms with Crippen molar-refractivity contribution in [3.8, 4) is 28.7 Å². The first-order valence-corrected chi connectivity index (χ1v) is 15.2. The van der Waals surface area contributed by atoms with Crippen molar-refractivity contribution in [2.45, 2.75) is 63.0 Å². The zero-order valence-corrected chi connectivity index (χ0v) is 24.1. The summed E-state index contributed by atoms with van der Waals surface area (Å²) in [5.41, 5.74) is 2.76. The molecule has 0 amide bonds. The summed E-state index contributed by atoms with van der Waals surface area (Å²) < 4.78 is 80.4. The Balaban J connectivity index is 1.33. The fourth-order valence-corrected chi connectivity index (χ4v) is 5.94. The Bertz CT molecular complexity index is 1810. The minimum absolute atomic E-state index is 0.153. The van der Waals surface area contributed by atoms with E-state index in [4.69, 9.17) is 4.74 Å². The predicted octanol–water partition coefficient (Wildman–Crippen LogP) is 5.21. The minimum atomic E-state index is -4.55. The summed E-state index contributed by atoms with van der Waals surface area (Å²) in [6.45, 7) is 2.07. The summed E-state index contributed by atoms with van der Waals surface area (Å²) in [5, 5.41) is 3.16. The second-order valence-electron chi connectivity index (χ2n) is 10.8. The second-order valence-corrected chi connectivity index (χ2v) is 12.3. The van der Waals surface area contributed by atoms with Crippen LogP contribution >= 0.6 is 0 Å². The van der Waals surface area contributed by atoms with Gasteiger partial charge in [0.1, 0.15) is 29.3 Å². The number of ether oxygens (including phenoxy) is 1. The van der Waals surface area contributed by atoms with Crippen LogP contribution in [0.4, 0.5) is 19.0 Å². The van der Waals surface area contributed by atoms with Gasteiger partial charge in [0, 0.05) is 42.0 Å². The summed E-state index contributed by atoms with van der Waals surface area (Å²) in [6, 6.07) is 5.26.